The molecule has 1 rings (SSSR count). The lowest BCUT2D eigenvalue weighted by atomic mass is 9.98. The van der Waals surface area contributed by atoms with Crippen LogP contribution in [0.2, 0.25) is 0 Å². The predicted molar refractivity (Wildman–Crippen MR) is 89.6 cm³/mol. The Kier molecular flexibility index (Phi) is 7.07. The maximum absolute atomic E-state index is 12.1. The van der Waals surface area contributed by atoms with Gasteiger partial charge in [0.05, 0.1) is 13.0 Å². The molecule has 0 aliphatic rings. The monoisotopic (exact) mass is 321 g/mol. The van der Waals surface area contributed by atoms with Crippen molar-refractivity contribution in [1.82, 2.24) is 5.32 Å². The SMILES string of the molecule is CC(C)COc1ccc(CC(=O)NC(C)(C)CCC(=O)O)cc1. The van der Waals surface area contributed by atoms with E-state index in [0.29, 0.717) is 18.9 Å². The minimum atomic E-state index is -0.857. The van der Waals surface area contributed by atoms with Crippen LogP contribution in [-0.4, -0.2) is 29.1 Å². The van der Waals surface area contributed by atoms with E-state index in [1.807, 2.05) is 38.1 Å². The maximum atomic E-state index is 12.1. The minimum Gasteiger partial charge on any atom is -0.493 e. The van der Waals surface area contributed by atoms with Crippen LogP contribution in [0.5, 0.6) is 5.75 Å². The number of nitrogens with one attached hydrogen (secondary N) is 1. The highest BCUT2D eigenvalue weighted by Gasteiger charge is 2.21. The summed E-state index contributed by atoms with van der Waals surface area (Å²) in [5, 5.41) is 11.6. The summed E-state index contributed by atoms with van der Waals surface area (Å²) in [6.45, 7) is 8.50. The molecule has 0 bridgehead atoms. The van der Waals surface area contributed by atoms with E-state index in [4.69, 9.17) is 9.84 Å². The molecule has 0 saturated carbocycles. The number of carbonyl (C=O) groups excluding carboxylic acids is 1. The summed E-state index contributed by atoms with van der Waals surface area (Å²) in [4.78, 5) is 22.7. The summed E-state index contributed by atoms with van der Waals surface area (Å²) < 4.78 is 5.61. The van der Waals surface area contributed by atoms with Gasteiger partial charge in [0.1, 0.15) is 5.75 Å². The number of carbonyl (C=O) groups is 2. The van der Waals surface area contributed by atoms with Crippen molar-refractivity contribution in [2.45, 2.75) is 52.5 Å². The quantitative estimate of drug-likeness (QED) is 0.733. The third-order valence-electron chi connectivity index (χ3n) is 3.31. The molecular formula is C18H27NO4. The number of hydrogen-bond donors (Lipinski definition) is 2. The van der Waals surface area contributed by atoms with E-state index in [-0.39, 0.29) is 18.7 Å². The van der Waals surface area contributed by atoms with E-state index in [0.717, 1.165) is 11.3 Å². The summed E-state index contributed by atoms with van der Waals surface area (Å²) >= 11 is 0. The van der Waals surface area contributed by atoms with Crippen molar-refractivity contribution in [1.29, 1.82) is 0 Å². The molecule has 0 spiro atoms. The molecule has 2 N–H and O–H groups in total. The number of carboxylic acid groups (broad SMARTS) is 1. The highest BCUT2D eigenvalue weighted by molar-refractivity contribution is 5.79. The lowest BCUT2D eigenvalue weighted by Gasteiger charge is -2.25. The van der Waals surface area contributed by atoms with Crippen LogP contribution in [0.4, 0.5) is 0 Å². The van der Waals surface area contributed by atoms with Crippen LogP contribution >= 0.6 is 0 Å². The first kappa shape index (κ1) is 19.0. The van der Waals surface area contributed by atoms with Gasteiger partial charge in [-0.3, -0.25) is 9.59 Å². The fourth-order valence-electron chi connectivity index (χ4n) is 2.06. The van der Waals surface area contributed by atoms with Gasteiger partial charge in [-0.1, -0.05) is 26.0 Å². The molecule has 0 unspecified atom stereocenters. The fraction of sp³-hybridized carbons (Fsp3) is 0.556. The van der Waals surface area contributed by atoms with Crippen molar-refractivity contribution >= 4 is 11.9 Å². The number of amides is 1. The standard InChI is InChI=1S/C18H27NO4/c1-13(2)12-23-15-7-5-14(6-8-15)11-16(20)19-18(3,4)10-9-17(21)22/h5-8,13H,9-12H2,1-4H3,(H,19,20)(H,21,22). The molecule has 5 heteroatoms. The minimum absolute atomic E-state index is 0.0369. The van der Waals surface area contributed by atoms with Crippen LogP contribution in [0.1, 0.15) is 46.1 Å². The Labute approximate surface area is 138 Å². The van der Waals surface area contributed by atoms with E-state index in [2.05, 4.69) is 19.2 Å². The topological polar surface area (TPSA) is 75.6 Å². The van der Waals surface area contributed by atoms with Crippen LogP contribution in [-0.2, 0) is 16.0 Å². The molecule has 0 heterocycles. The third kappa shape index (κ3) is 8.24. The molecule has 0 aliphatic carbocycles. The molecule has 0 aromatic heterocycles. The van der Waals surface area contributed by atoms with Gasteiger partial charge in [0, 0.05) is 12.0 Å². The van der Waals surface area contributed by atoms with Crippen molar-refractivity contribution in [3.8, 4) is 5.75 Å². The highest BCUT2D eigenvalue weighted by atomic mass is 16.5. The van der Waals surface area contributed by atoms with E-state index >= 15 is 0 Å². The van der Waals surface area contributed by atoms with Crippen LogP contribution < -0.4 is 10.1 Å². The van der Waals surface area contributed by atoms with Crippen molar-refractivity contribution in [3.63, 3.8) is 0 Å². The van der Waals surface area contributed by atoms with Crippen molar-refractivity contribution in [2.24, 2.45) is 5.92 Å². The molecule has 1 aromatic rings. The highest BCUT2D eigenvalue weighted by Crippen LogP contribution is 2.15. The summed E-state index contributed by atoms with van der Waals surface area (Å²) in [5.41, 5.74) is 0.365. The molecule has 128 valence electrons. The zero-order chi connectivity index (χ0) is 17.5. The molecule has 0 radical (unpaired) electrons. The molecule has 5 nitrogen and oxygen atoms in total. The van der Waals surface area contributed by atoms with Gasteiger partial charge < -0.3 is 15.2 Å². The van der Waals surface area contributed by atoms with Crippen molar-refractivity contribution in [3.05, 3.63) is 29.8 Å². The van der Waals surface area contributed by atoms with Gasteiger partial charge in [0.15, 0.2) is 0 Å². The second-order valence-electron chi connectivity index (χ2n) is 6.85. The normalized spacial score (nSPS) is 11.3. The van der Waals surface area contributed by atoms with Gasteiger partial charge in [-0.2, -0.15) is 0 Å². The first-order chi connectivity index (χ1) is 10.7. The molecular weight excluding hydrogens is 294 g/mol. The van der Waals surface area contributed by atoms with Gasteiger partial charge in [-0.15, -0.1) is 0 Å². The van der Waals surface area contributed by atoms with Gasteiger partial charge in [0.25, 0.3) is 0 Å². The fourth-order valence-corrected chi connectivity index (χ4v) is 2.06. The number of aliphatic carboxylic acids is 1. The molecule has 23 heavy (non-hydrogen) atoms. The lowest BCUT2D eigenvalue weighted by Crippen LogP contribution is -2.44. The average Bonchev–Trinajstić information content (AvgIpc) is 2.44. The summed E-state index contributed by atoms with van der Waals surface area (Å²) in [6, 6.07) is 7.47. The Morgan fingerprint density at radius 2 is 1.83 bits per heavy atom. The van der Waals surface area contributed by atoms with E-state index in [1.165, 1.54) is 0 Å². The summed E-state index contributed by atoms with van der Waals surface area (Å²) in [6.07, 6.45) is 0.701. The molecule has 0 saturated heterocycles. The van der Waals surface area contributed by atoms with Crippen molar-refractivity contribution in [2.75, 3.05) is 6.61 Å². The number of rotatable bonds is 9. The molecule has 1 amide bonds. The summed E-state index contributed by atoms with van der Waals surface area (Å²) in [5.74, 6) is 0.290. The van der Waals surface area contributed by atoms with Gasteiger partial charge in [-0.05, 0) is 43.9 Å². The number of carboxylic acids is 1. The lowest BCUT2D eigenvalue weighted by molar-refractivity contribution is -0.137. The predicted octanol–water partition coefficient (Wildman–Crippen LogP) is 3.02. The molecule has 0 aliphatic heterocycles. The number of ether oxygens (including phenoxy) is 1. The second kappa shape index (κ2) is 8.56. The Morgan fingerprint density at radius 1 is 1.22 bits per heavy atom. The third-order valence-corrected chi connectivity index (χ3v) is 3.31. The zero-order valence-electron chi connectivity index (χ0n) is 14.4. The van der Waals surface area contributed by atoms with E-state index < -0.39 is 11.5 Å². The number of hydrogen-bond acceptors (Lipinski definition) is 3. The summed E-state index contributed by atoms with van der Waals surface area (Å²) in [7, 11) is 0. The van der Waals surface area contributed by atoms with Gasteiger partial charge in [0.2, 0.25) is 5.91 Å². The average molecular weight is 321 g/mol. The van der Waals surface area contributed by atoms with Gasteiger partial charge >= 0.3 is 5.97 Å². The smallest absolute Gasteiger partial charge is 0.303 e. The second-order valence-corrected chi connectivity index (χ2v) is 6.85. The Morgan fingerprint density at radius 3 is 2.35 bits per heavy atom. The zero-order valence-corrected chi connectivity index (χ0v) is 14.4. The Balaban J connectivity index is 2.49. The van der Waals surface area contributed by atoms with E-state index in [9.17, 15) is 9.59 Å². The van der Waals surface area contributed by atoms with Crippen LogP contribution in [0.15, 0.2) is 24.3 Å². The maximum Gasteiger partial charge on any atom is 0.303 e. The molecule has 0 fully saturated rings. The van der Waals surface area contributed by atoms with Crippen LogP contribution in [0.25, 0.3) is 0 Å². The number of benzene rings is 1. The van der Waals surface area contributed by atoms with E-state index in [1.54, 1.807) is 0 Å². The Bertz CT molecular complexity index is 520. The first-order valence-corrected chi connectivity index (χ1v) is 7.92. The van der Waals surface area contributed by atoms with Crippen molar-refractivity contribution < 1.29 is 19.4 Å². The van der Waals surface area contributed by atoms with Crippen LogP contribution in [0, 0.1) is 5.92 Å². The molecule has 1 aromatic carbocycles. The first-order valence-electron chi connectivity index (χ1n) is 7.92. The van der Waals surface area contributed by atoms with Crippen LogP contribution in [0.3, 0.4) is 0 Å². The largest absolute Gasteiger partial charge is 0.493 e. The molecule has 0 atom stereocenters. The Hall–Kier alpha value is -2.04. The van der Waals surface area contributed by atoms with Gasteiger partial charge in [-0.25, -0.2) is 0 Å².